The maximum absolute atomic E-state index is 6.11. The zero-order valence-corrected chi connectivity index (χ0v) is 9.82. The maximum atomic E-state index is 6.11. The quantitative estimate of drug-likeness (QED) is 0.764. The SMILES string of the molecule is CN(CC1CCCOC1)C1CCCC1N. The smallest absolute Gasteiger partial charge is 0.0506 e. The van der Waals surface area contributed by atoms with Crippen molar-refractivity contribution in [3.05, 3.63) is 0 Å². The molecule has 1 aliphatic carbocycles. The lowest BCUT2D eigenvalue weighted by Gasteiger charge is -2.32. The molecule has 3 atom stereocenters. The van der Waals surface area contributed by atoms with Crippen LogP contribution in [-0.4, -0.2) is 43.8 Å². The van der Waals surface area contributed by atoms with Gasteiger partial charge in [-0.3, -0.25) is 0 Å². The second-order valence-corrected chi connectivity index (χ2v) is 5.18. The molecule has 1 saturated carbocycles. The zero-order valence-electron chi connectivity index (χ0n) is 9.82. The second kappa shape index (κ2) is 5.28. The lowest BCUT2D eigenvalue weighted by atomic mass is 10.0. The van der Waals surface area contributed by atoms with Gasteiger partial charge in [-0.2, -0.15) is 0 Å². The molecule has 88 valence electrons. The van der Waals surface area contributed by atoms with Crippen molar-refractivity contribution in [2.45, 2.75) is 44.2 Å². The fourth-order valence-electron chi connectivity index (χ4n) is 3.01. The second-order valence-electron chi connectivity index (χ2n) is 5.18. The largest absolute Gasteiger partial charge is 0.381 e. The molecule has 1 saturated heterocycles. The Bertz CT molecular complexity index is 192. The van der Waals surface area contributed by atoms with Crippen molar-refractivity contribution >= 4 is 0 Å². The zero-order chi connectivity index (χ0) is 10.7. The van der Waals surface area contributed by atoms with Gasteiger partial charge < -0.3 is 15.4 Å². The summed E-state index contributed by atoms with van der Waals surface area (Å²) in [6.07, 6.45) is 6.35. The van der Waals surface area contributed by atoms with Crippen LogP contribution in [0, 0.1) is 5.92 Å². The summed E-state index contributed by atoms with van der Waals surface area (Å²) in [5, 5.41) is 0. The van der Waals surface area contributed by atoms with Crippen molar-refractivity contribution in [2.24, 2.45) is 11.7 Å². The first kappa shape index (κ1) is 11.4. The average Bonchev–Trinajstić information content (AvgIpc) is 2.66. The summed E-state index contributed by atoms with van der Waals surface area (Å²) in [6, 6.07) is 1.02. The third-order valence-electron chi connectivity index (χ3n) is 3.90. The minimum absolute atomic E-state index is 0.402. The van der Waals surface area contributed by atoms with E-state index < -0.39 is 0 Å². The van der Waals surface area contributed by atoms with Crippen LogP contribution >= 0.6 is 0 Å². The topological polar surface area (TPSA) is 38.5 Å². The third kappa shape index (κ3) is 2.92. The van der Waals surface area contributed by atoms with Gasteiger partial charge in [0.15, 0.2) is 0 Å². The van der Waals surface area contributed by atoms with Gasteiger partial charge in [0, 0.05) is 25.2 Å². The van der Waals surface area contributed by atoms with Crippen molar-refractivity contribution < 1.29 is 4.74 Å². The lowest BCUT2D eigenvalue weighted by molar-refractivity contribution is 0.0355. The molecule has 2 N–H and O–H groups in total. The molecule has 0 aromatic carbocycles. The minimum Gasteiger partial charge on any atom is -0.381 e. The predicted octanol–water partition coefficient (Wildman–Crippen LogP) is 1.22. The van der Waals surface area contributed by atoms with E-state index in [1.165, 1.54) is 38.6 Å². The molecule has 3 heteroatoms. The third-order valence-corrected chi connectivity index (χ3v) is 3.90. The number of hydrogen-bond acceptors (Lipinski definition) is 3. The number of likely N-dealkylation sites (N-methyl/N-ethyl adjacent to an activating group) is 1. The van der Waals surface area contributed by atoms with E-state index in [4.69, 9.17) is 10.5 Å². The van der Waals surface area contributed by atoms with Crippen molar-refractivity contribution in [3.63, 3.8) is 0 Å². The molecule has 0 aromatic rings. The molecular weight excluding hydrogens is 188 g/mol. The molecule has 0 spiro atoms. The molecule has 2 rings (SSSR count). The van der Waals surface area contributed by atoms with E-state index in [0.29, 0.717) is 12.1 Å². The minimum atomic E-state index is 0.402. The van der Waals surface area contributed by atoms with Crippen LogP contribution in [0.2, 0.25) is 0 Å². The Morgan fingerprint density at radius 2 is 2.13 bits per heavy atom. The van der Waals surface area contributed by atoms with Gasteiger partial charge in [-0.15, -0.1) is 0 Å². The summed E-state index contributed by atoms with van der Waals surface area (Å²) in [5.41, 5.74) is 6.11. The highest BCUT2D eigenvalue weighted by molar-refractivity contribution is 4.87. The molecule has 2 aliphatic rings. The number of nitrogens with zero attached hydrogens (tertiary/aromatic N) is 1. The summed E-state index contributed by atoms with van der Waals surface area (Å²) >= 11 is 0. The van der Waals surface area contributed by atoms with Crippen LogP contribution in [0.25, 0.3) is 0 Å². The fourth-order valence-corrected chi connectivity index (χ4v) is 3.01. The van der Waals surface area contributed by atoms with Gasteiger partial charge in [0.1, 0.15) is 0 Å². The van der Waals surface area contributed by atoms with Gasteiger partial charge >= 0.3 is 0 Å². The van der Waals surface area contributed by atoms with E-state index in [0.717, 1.165) is 19.1 Å². The van der Waals surface area contributed by atoms with E-state index in [1.54, 1.807) is 0 Å². The Morgan fingerprint density at radius 3 is 2.73 bits per heavy atom. The molecule has 15 heavy (non-hydrogen) atoms. The molecule has 3 unspecified atom stereocenters. The molecule has 0 aromatic heterocycles. The van der Waals surface area contributed by atoms with Crippen LogP contribution in [0.3, 0.4) is 0 Å². The Hall–Kier alpha value is -0.120. The Morgan fingerprint density at radius 1 is 1.27 bits per heavy atom. The molecule has 1 heterocycles. The Kier molecular flexibility index (Phi) is 4.00. The summed E-state index contributed by atoms with van der Waals surface area (Å²) in [7, 11) is 2.23. The first-order valence-corrected chi connectivity index (χ1v) is 6.31. The van der Waals surface area contributed by atoms with E-state index in [9.17, 15) is 0 Å². The van der Waals surface area contributed by atoms with Crippen molar-refractivity contribution in [2.75, 3.05) is 26.8 Å². The van der Waals surface area contributed by atoms with E-state index in [-0.39, 0.29) is 0 Å². The molecule has 0 amide bonds. The van der Waals surface area contributed by atoms with Gasteiger partial charge in [0.05, 0.1) is 6.61 Å². The van der Waals surface area contributed by atoms with Crippen LogP contribution in [0.15, 0.2) is 0 Å². The standard InChI is InChI=1S/C12H24N2O/c1-14(12-6-2-5-11(12)13)8-10-4-3-7-15-9-10/h10-12H,2-9,13H2,1H3. The van der Waals surface area contributed by atoms with Gasteiger partial charge in [0.25, 0.3) is 0 Å². The highest BCUT2D eigenvalue weighted by Gasteiger charge is 2.28. The monoisotopic (exact) mass is 212 g/mol. The van der Waals surface area contributed by atoms with Crippen molar-refractivity contribution in [3.8, 4) is 0 Å². The van der Waals surface area contributed by atoms with Gasteiger partial charge in [-0.25, -0.2) is 0 Å². The van der Waals surface area contributed by atoms with Gasteiger partial charge in [0.2, 0.25) is 0 Å². The fraction of sp³-hybridized carbons (Fsp3) is 1.00. The van der Waals surface area contributed by atoms with E-state index >= 15 is 0 Å². The molecule has 2 fully saturated rings. The first-order valence-electron chi connectivity index (χ1n) is 6.31. The molecule has 0 bridgehead atoms. The molecule has 3 nitrogen and oxygen atoms in total. The lowest BCUT2D eigenvalue weighted by Crippen LogP contribution is -2.45. The summed E-state index contributed by atoms with van der Waals surface area (Å²) < 4.78 is 5.51. The molecule has 1 aliphatic heterocycles. The van der Waals surface area contributed by atoms with E-state index in [1.807, 2.05) is 0 Å². The van der Waals surface area contributed by atoms with Gasteiger partial charge in [-0.1, -0.05) is 6.42 Å². The van der Waals surface area contributed by atoms with Crippen LogP contribution in [-0.2, 0) is 4.74 Å². The number of nitrogens with two attached hydrogens (primary N) is 1. The summed E-state index contributed by atoms with van der Waals surface area (Å²) in [4.78, 5) is 2.47. The van der Waals surface area contributed by atoms with Crippen LogP contribution in [0.4, 0.5) is 0 Å². The van der Waals surface area contributed by atoms with Crippen LogP contribution in [0.5, 0.6) is 0 Å². The maximum Gasteiger partial charge on any atom is 0.0506 e. The van der Waals surface area contributed by atoms with Crippen molar-refractivity contribution in [1.82, 2.24) is 4.90 Å². The summed E-state index contributed by atoms with van der Waals surface area (Å²) in [5.74, 6) is 0.733. The summed E-state index contributed by atoms with van der Waals surface area (Å²) in [6.45, 7) is 3.08. The van der Waals surface area contributed by atoms with E-state index in [2.05, 4.69) is 11.9 Å². The van der Waals surface area contributed by atoms with Gasteiger partial charge in [-0.05, 0) is 38.6 Å². The number of hydrogen-bond donors (Lipinski definition) is 1. The highest BCUT2D eigenvalue weighted by Crippen LogP contribution is 2.24. The molecular formula is C12H24N2O. The first-order chi connectivity index (χ1) is 7.27. The molecule has 0 radical (unpaired) electrons. The normalized spacial score (nSPS) is 37.4. The Balaban J connectivity index is 1.77. The number of ether oxygens (including phenoxy) is 1. The predicted molar refractivity (Wildman–Crippen MR) is 61.8 cm³/mol. The Labute approximate surface area is 93.0 Å². The number of rotatable bonds is 3. The van der Waals surface area contributed by atoms with Crippen molar-refractivity contribution in [1.29, 1.82) is 0 Å². The highest BCUT2D eigenvalue weighted by atomic mass is 16.5. The van der Waals surface area contributed by atoms with Crippen LogP contribution < -0.4 is 5.73 Å². The average molecular weight is 212 g/mol. The van der Waals surface area contributed by atoms with Crippen LogP contribution in [0.1, 0.15) is 32.1 Å².